The lowest BCUT2D eigenvalue weighted by Gasteiger charge is -2.22. The third-order valence-corrected chi connectivity index (χ3v) is 7.83. The summed E-state index contributed by atoms with van der Waals surface area (Å²) in [6.07, 6.45) is 9.81. The topological polar surface area (TPSA) is 0 Å². The van der Waals surface area contributed by atoms with Crippen molar-refractivity contribution in [1.82, 2.24) is 0 Å². The van der Waals surface area contributed by atoms with Crippen LogP contribution in [0, 0.1) is 6.92 Å². The first-order valence-electron chi connectivity index (χ1n) is 10.8. The van der Waals surface area contributed by atoms with Gasteiger partial charge in [0.15, 0.2) is 0 Å². The Bertz CT molecular complexity index is 1400. The van der Waals surface area contributed by atoms with E-state index in [0.717, 1.165) is 19.3 Å². The van der Waals surface area contributed by atoms with Crippen LogP contribution in [-0.4, -0.2) is 0 Å². The van der Waals surface area contributed by atoms with E-state index >= 15 is 0 Å². The zero-order valence-electron chi connectivity index (χ0n) is 17.5. The normalized spacial score (nSPS) is 16.4. The molecule has 0 amide bonds. The monoisotopic (exact) mass is 404 g/mol. The number of hydrogen-bond acceptors (Lipinski definition) is 1. The minimum absolute atomic E-state index is 1.05. The minimum Gasteiger partial charge on any atom is -0.0939 e. The van der Waals surface area contributed by atoms with Crippen LogP contribution in [-0.2, 0) is 19.3 Å². The highest BCUT2D eigenvalue weighted by atomic mass is 32.2. The number of hydrogen-bond donors (Lipinski definition) is 0. The molecular weight excluding hydrogens is 380 g/mol. The smallest absolute Gasteiger partial charge is 0.0155 e. The van der Waals surface area contributed by atoms with Crippen molar-refractivity contribution < 1.29 is 0 Å². The third-order valence-electron chi connectivity index (χ3n) is 6.67. The molecule has 0 fully saturated rings. The van der Waals surface area contributed by atoms with Crippen molar-refractivity contribution in [1.29, 1.82) is 0 Å². The average molecular weight is 405 g/mol. The van der Waals surface area contributed by atoms with Crippen LogP contribution < -0.4 is 0 Å². The second kappa shape index (κ2) is 6.89. The molecule has 0 aromatic heterocycles. The van der Waals surface area contributed by atoms with E-state index in [0.29, 0.717) is 0 Å². The largest absolute Gasteiger partial charge is 0.0939 e. The summed E-state index contributed by atoms with van der Waals surface area (Å²) >= 11 is 1.92. The number of fused-ring (bicyclic) bond motifs is 1. The Kier molecular flexibility index (Phi) is 4.14. The van der Waals surface area contributed by atoms with Crippen molar-refractivity contribution in [3.63, 3.8) is 0 Å². The van der Waals surface area contributed by atoms with Crippen LogP contribution in [0.15, 0.2) is 82.6 Å². The molecule has 6 rings (SSSR count). The van der Waals surface area contributed by atoms with E-state index in [1.54, 1.807) is 0 Å². The number of thioether (sulfide) groups is 1. The molecule has 0 saturated carbocycles. The molecule has 0 N–H and O–H groups in total. The van der Waals surface area contributed by atoms with E-state index in [2.05, 4.69) is 86.7 Å². The highest BCUT2D eigenvalue weighted by molar-refractivity contribution is 8.03. The fourth-order valence-corrected chi connectivity index (χ4v) is 6.25. The molecule has 1 aliphatic heterocycles. The summed E-state index contributed by atoms with van der Waals surface area (Å²) in [6.45, 7) is 4.31. The lowest BCUT2D eigenvalue weighted by molar-refractivity contribution is 0.969. The van der Waals surface area contributed by atoms with Gasteiger partial charge in [-0.25, -0.2) is 0 Å². The van der Waals surface area contributed by atoms with Crippen LogP contribution in [0.1, 0.15) is 29.2 Å². The molecule has 0 saturated heterocycles. The summed E-state index contributed by atoms with van der Waals surface area (Å²) < 4.78 is 0. The molecule has 0 bridgehead atoms. The maximum atomic E-state index is 2.43. The van der Waals surface area contributed by atoms with E-state index in [1.807, 2.05) is 11.8 Å². The molecule has 0 radical (unpaired) electrons. The van der Waals surface area contributed by atoms with Gasteiger partial charge in [-0.05, 0) is 98.7 Å². The zero-order chi connectivity index (χ0) is 20.2. The lowest BCUT2D eigenvalue weighted by Crippen LogP contribution is -2.04. The van der Waals surface area contributed by atoms with E-state index in [9.17, 15) is 0 Å². The second-order valence-corrected chi connectivity index (χ2v) is 9.65. The van der Waals surface area contributed by atoms with Crippen molar-refractivity contribution in [3.8, 4) is 11.1 Å². The number of aryl methyl sites for hydroxylation is 3. The van der Waals surface area contributed by atoms with Crippen molar-refractivity contribution in [2.24, 2.45) is 0 Å². The Morgan fingerprint density at radius 1 is 0.867 bits per heavy atom. The average Bonchev–Trinajstić information content (AvgIpc) is 3.19. The van der Waals surface area contributed by atoms with Gasteiger partial charge in [-0.3, -0.25) is 0 Å². The predicted octanol–water partition coefficient (Wildman–Crippen LogP) is 8.18. The van der Waals surface area contributed by atoms with Gasteiger partial charge in [0.25, 0.3) is 0 Å². The first-order chi connectivity index (χ1) is 14.7. The molecule has 4 aromatic carbocycles. The Morgan fingerprint density at radius 2 is 1.77 bits per heavy atom. The summed E-state index contributed by atoms with van der Waals surface area (Å²) in [5.74, 6) is 0. The van der Waals surface area contributed by atoms with Gasteiger partial charge in [0, 0.05) is 11.3 Å². The summed E-state index contributed by atoms with van der Waals surface area (Å²) in [5, 5.41) is 5.77. The highest BCUT2D eigenvalue weighted by Crippen LogP contribution is 2.44. The molecule has 146 valence electrons. The number of benzene rings is 4. The molecule has 1 aliphatic carbocycles. The highest BCUT2D eigenvalue weighted by Gasteiger charge is 2.21. The van der Waals surface area contributed by atoms with Gasteiger partial charge >= 0.3 is 0 Å². The minimum atomic E-state index is 1.05. The van der Waals surface area contributed by atoms with E-state index < -0.39 is 0 Å². The third kappa shape index (κ3) is 2.69. The SMILES string of the molecule is C/C=C\C=C1/Cc2cc(-c3ccc4ccc5c(C)ccc6c5c4c3CC6)ccc2S1. The Hall–Kier alpha value is -2.77. The zero-order valence-corrected chi connectivity index (χ0v) is 18.3. The van der Waals surface area contributed by atoms with Gasteiger partial charge in [-0.15, -0.1) is 0 Å². The van der Waals surface area contributed by atoms with Gasteiger partial charge in [0.1, 0.15) is 0 Å². The Morgan fingerprint density at radius 3 is 2.67 bits per heavy atom. The number of allylic oxidation sites excluding steroid dienone is 4. The first-order valence-corrected chi connectivity index (χ1v) is 11.6. The molecule has 0 atom stereocenters. The van der Waals surface area contributed by atoms with Crippen molar-refractivity contribution >= 4 is 33.3 Å². The Labute approximate surface area is 182 Å². The predicted molar refractivity (Wildman–Crippen MR) is 131 cm³/mol. The van der Waals surface area contributed by atoms with E-state index in [1.165, 1.54) is 64.7 Å². The fourth-order valence-electron chi connectivity index (χ4n) is 5.20. The molecule has 0 spiro atoms. The maximum absolute atomic E-state index is 2.43. The molecule has 1 heterocycles. The van der Waals surface area contributed by atoms with Crippen molar-refractivity contribution in [2.75, 3.05) is 0 Å². The van der Waals surface area contributed by atoms with Crippen LogP contribution in [0.3, 0.4) is 0 Å². The maximum Gasteiger partial charge on any atom is 0.0155 e. The van der Waals surface area contributed by atoms with Crippen molar-refractivity contribution in [2.45, 2.75) is 38.0 Å². The standard InChI is InChI=1S/C29H24S/c1-3-4-5-23-17-22-16-21(11-15-27(22)30-23)25-13-9-20-8-12-24-18(2)6-7-19-10-14-26(25)29(20)28(19)24/h3-9,11-13,15-16H,10,14,17H2,1-2H3/b4-3-,23-5+. The van der Waals surface area contributed by atoms with E-state index in [4.69, 9.17) is 0 Å². The second-order valence-electron chi connectivity index (χ2n) is 8.48. The first kappa shape index (κ1) is 18.0. The molecule has 2 aliphatic rings. The molecular formula is C29H24S. The summed E-state index contributed by atoms with van der Waals surface area (Å²) in [6, 6.07) is 21.0. The summed E-state index contributed by atoms with van der Waals surface area (Å²) in [5.41, 5.74) is 8.67. The van der Waals surface area contributed by atoms with Crippen molar-refractivity contribution in [3.05, 3.63) is 100.0 Å². The van der Waals surface area contributed by atoms with Gasteiger partial charge in [-0.1, -0.05) is 72.5 Å². The van der Waals surface area contributed by atoms with E-state index in [-0.39, 0.29) is 0 Å². The summed E-state index contributed by atoms with van der Waals surface area (Å²) in [7, 11) is 0. The quantitative estimate of drug-likeness (QED) is 0.304. The number of rotatable bonds is 2. The summed E-state index contributed by atoms with van der Waals surface area (Å²) in [4.78, 5) is 2.85. The van der Waals surface area contributed by atoms with Crippen LogP contribution >= 0.6 is 11.8 Å². The van der Waals surface area contributed by atoms with Crippen LogP contribution in [0.2, 0.25) is 0 Å². The van der Waals surface area contributed by atoms with Gasteiger partial charge in [0.2, 0.25) is 0 Å². The fraction of sp³-hybridized carbons (Fsp3) is 0.172. The van der Waals surface area contributed by atoms with Gasteiger partial charge < -0.3 is 0 Å². The molecule has 30 heavy (non-hydrogen) atoms. The molecule has 0 nitrogen and oxygen atoms in total. The molecule has 0 unspecified atom stereocenters. The van der Waals surface area contributed by atoms with Gasteiger partial charge in [0.05, 0.1) is 0 Å². The van der Waals surface area contributed by atoms with Crippen LogP contribution in [0.25, 0.3) is 32.7 Å². The molecule has 4 aromatic rings. The molecule has 1 heteroatoms. The van der Waals surface area contributed by atoms with Crippen LogP contribution in [0.4, 0.5) is 0 Å². The Balaban J connectivity index is 1.55. The van der Waals surface area contributed by atoms with Crippen LogP contribution in [0.5, 0.6) is 0 Å². The lowest BCUT2D eigenvalue weighted by atomic mass is 9.81. The van der Waals surface area contributed by atoms with Gasteiger partial charge in [-0.2, -0.15) is 0 Å².